The Morgan fingerprint density at radius 3 is 2.63 bits per heavy atom. The summed E-state index contributed by atoms with van der Waals surface area (Å²) in [6.45, 7) is 3.30. The Balaban J connectivity index is 1.57. The highest BCUT2D eigenvalue weighted by Crippen LogP contribution is 2.23. The van der Waals surface area contributed by atoms with Crippen LogP contribution in [0.4, 0.5) is 14.7 Å². The van der Waals surface area contributed by atoms with Crippen molar-refractivity contribution >= 4 is 11.6 Å². The van der Waals surface area contributed by atoms with E-state index in [1.165, 1.54) is 26.3 Å². The molecule has 8 heteroatoms. The van der Waals surface area contributed by atoms with E-state index in [2.05, 4.69) is 27.1 Å². The molecule has 0 spiro atoms. The van der Waals surface area contributed by atoms with E-state index >= 15 is 0 Å². The van der Waals surface area contributed by atoms with Crippen molar-refractivity contribution in [2.75, 3.05) is 11.4 Å². The van der Waals surface area contributed by atoms with Crippen LogP contribution in [0.2, 0.25) is 0 Å². The molecule has 2 aromatic heterocycles. The molecule has 0 bridgehead atoms. The molecular weight excluding hydrogens is 388 g/mol. The number of aryl methyl sites for hydroxylation is 1. The maximum Gasteiger partial charge on any atom is 0.353 e. The third-order valence-electron chi connectivity index (χ3n) is 5.41. The summed E-state index contributed by atoms with van der Waals surface area (Å²) in [6, 6.07) is 13.6. The minimum absolute atomic E-state index is 0.0407. The number of aromatic nitrogens is 4. The van der Waals surface area contributed by atoms with Gasteiger partial charge in [-0.3, -0.25) is 0 Å². The molecule has 30 heavy (non-hydrogen) atoms. The quantitative estimate of drug-likeness (QED) is 0.524. The van der Waals surface area contributed by atoms with Gasteiger partial charge in [0.2, 0.25) is 5.95 Å². The van der Waals surface area contributed by atoms with E-state index in [0.717, 1.165) is 30.8 Å². The highest BCUT2D eigenvalue weighted by molar-refractivity contribution is 5.49. The SMILES string of the molecule is Cc1cc2nn(Cc3ccc(F)c(F)c3)c(=O)n2c(N2CCc3ccccc3C2)n1. The molecule has 0 aliphatic carbocycles. The zero-order valence-electron chi connectivity index (χ0n) is 16.3. The van der Waals surface area contributed by atoms with Gasteiger partial charge >= 0.3 is 5.69 Å². The van der Waals surface area contributed by atoms with Crippen LogP contribution in [0, 0.1) is 18.6 Å². The molecule has 0 unspecified atom stereocenters. The van der Waals surface area contributed by atoms with Crippen molar-refractivity contribution < 1.29 is 8.78 Å². The van der Waals surface area contributed by atoms with Crippen LogP contribution < -0.4 is 10.6 Å². The Bertz CT molecular complexity index is 1330. The Kier molecular flexibility index (Phi) is 4.34. The van der Waals surface area contributed by atoms with Gasteiger partial charge in [-0.05, 0) is 42.2 Å². The summed E-state index contributed by atoms with van der Waals surface area (Å²) >= 11 is 0. The van der Waals surface area contributed by atoms with Crippen LogP contribution in [0.5, 0.6) is 0 Å². The van der Waals surface area contributed by atoms with E-state index in [1.807, 2.05) is 19.1 Å². The lowest BCUT2D eigenvalue weighted by molar-refractivity contribution is 0.505. The topological polar surface area (TPSA) is 55.4 Å². The predicted molar refractivity (Wildman–Crippen MR) is 109 cm³/mol. The second-order valence-electron chi connectivity index (χ2n) is 7.52. The van der Waals surface area contributed by atoms with Crippen molar-refractivity contribution in [1.29, 1.82) is 0 Å². The van der Waals surface area contributed by atoms with E-state index in [0.29, 0.717) is 23.7 Å². The van der Waals surface area contributed by atoms with Crippen molar-refractivity contribution in [1.82, 2.24) is 19.2 Å². The molecule has 1 aliphatic heterocycles. The van der Waals surface area contributed by atoms with Crippen LogP contribution in [0.1, 0.15) is 22.4 Å². The summed E-state index contributed by atoms with van der Waals surface area (Å²) in [6.07, 6.45) is 0.866. The van der Waals surface area contributed by atoms with E-state index in [1.54, 1.807) is 6.07 Å². The average Bonchev–Trinajstić information content (AvgIpc) is 3.04. The second-order valence-corrected chi connectivity index (χ2v) is 7.52. The molecule has 3 heterocycles. The maximum atomic E-state index is 13.6. The molecule has 5 rings (SSSR count). The van der Waals surface area contributed by atoms with Crippen LogP contribution in [0.15, 0.2) is 53.3 Å². The molecule has 6 nitrogen and oxygen atoms in total. The van der Waals surface area contributed by atoms with Gasteiger partial charge in [0.1, 0.15) is 0 Å². The van der Waals surface area contributed by atoms with Gasteiger partial charge in [-0.15, -0.1) is 5.10 Å². The van der Waals surface area contributed by atoms with Crippen LogP contribution in [0.3, 0.4) is 0 Å². The van der Waals surface area contributed by atoms with Crippen LogP contribution in [0.25, 0.3) is 5.65 Å². The largest absolute Gasteiger partial charge is 0.353 e. The normalized spacial score (nSPS) is 13.6. The van der Waals surface area contributed by atoms with Crippen molar-refractivity contribution in [2.45, 2.75) is 26.4 Å². The summed E-state index contributed by atoms with van der Waals surface area (Å²) in [5.41, 5.74) is 3.83. The van der Waals surface area contributed by atoms with Gasteiger partial charge in [0, 0.05) is 24.8 Å². The standard InChI is InChI=1S/C22H19F2N5O/c1-14-10-20-26-28(12-15-6-7-18(23)19(24)11-15)22(30)29(20)21(25-14)27-9-8-16-4-2-3-5-17(16)13-27/h2-7,10-11H,8-9,12-13H2,1H3. The fourth-order valence-corrected chi connectivity index (χ4v) is 3.93. The first-order chi connectivity index (χ1) is 14.5. The van der Waals surface area contributed by atoms with Crippen molar-refractivity contribution in [2.24, 2.45) is 0 Å². The number of benzene rings is 2. The summed E-state index contributed by atoms with van der Waals surface area (Å²) < 4.78 is 29.5. The Labute approximate surface area is 171 Å². The number of hydrogen-bond acceptors (Lipinski definition) is 4. The first kappa shape index (κ1) is 18.5. The molecular formula is C22H19F2N5O. The highest BCUT2D eigenvalue weighted by Gasteiger charge is 2.22. The maximum absolute atomic E-state index is 13.6. The molecule has 2 aromatic carbocycles. The van der Waals surface area contributed by atoms with E-state index in [4.69, 9.17) is 0 Å². The highest BCUT2D eigenvalue weighted by atomic mass is 19.2. The van der Waals surface area contributed by atoms with Crippen LogP contribution in [-0.2, 0) is 19.5 Å². The molecule has 4 aromatic rings. The fraction of sp³-hybridized carbons (Fsp3) is 0.227. The molecule has 152 valence electrons. The smallest absolute Gasteiger partial charge is 0.337 e. The predicted octanol–water partition coefficient (Wildman–Crippen LogP) is 3.09. The number of fused-ring (bicyclic) bond motifs is 2. The molecule has 0 radical (unpaired) electrons. The summed E-state index contributed by atoms with van der Waals surface area (Å²) in [5.74, 6) is -1.33. The summed E-state index contributed by atoms with van der Waals surface area (Å²) in [4.78, 5) is 19.8. The van der Waals surface area contributed by atoms with Gasteiger partial charge in [0.15, 0.2) is 17.3 Å². The van der Waals surface area contributed by atoms with Crippen molar-refractivity contribution in [3.63, 3.8) is 0 Å². The Morgan fingerprint density at radius 1 is 1.03 bits per heavy atom. The lowest BCUT2D eigenvalue weighted by atomic mass is 10.0. The molecule has 0 fully saturated rings. The number of halogens is 2. The lowest BCUT2D eigenvalue weighted by Gasteiger charge is -2.29. The molecule has 0 amide bonds. The lowest BCUT2D eigenvalue weighted by Crippen LogP contribution is -2.35. The first-order valence-electron chi connectivity index (χ1n) is 9.72. The van der Waals surface area contributed by atoms with Crippen molar-refractivity contribution in [3.8, 4) is 0 Å². The molecule has 0 saturated carbocycles. The molecule has 0 N–H and O–H groups in total. The van der Waals surface area contributed by atoms with Gasteiger partial charge in [-0.2, -0.15) is 0 Å². The Hall–Kier alpha value is -3.55. The number of rotatable bonds is 3. The van der Waals surface area contributed by atoms with Crippen LogP contribution >= 0.6 is 0 Å². The van der Waals surface area contributed by atoms with Gasteiger partial charge < -0.3 is 4.90 Å². The zero-order chi connectivity index (χ0) is 20.8. The third kappa shape index (κ3) is 3.14. The van der Waals surface area contributed by atoms with Crippen molar-refractivity contribution in [3.05, 3.63) is 93.0 Å². The fourth-order valence-electron chi connectivity index (χ4n) is 3.93. The minimum atomic E-state index is -0.950. The Morgan fingerprint density at radius 2 is 1.83 bits per heavy atom. The second kappa shape index (κ2) is 7.05. The van der Waals surface area contributed by atoms with Gasteiger partial charge in [0.25, 0.3) is 0 Å². The van der Waals surface area contributed by atoms with E-state index in [9.17, 15) is 13.6 Å². The third-order valence-corrected chi connectivity index (χ3v) is 5.41. The van der Waals surface area contributed by atoms with E-state index in [-0.39, 0.29) is 12.2 Å². The van der Waals surface area contributed by atoms with E-state index < -0.39 is 11.6 Å². The molecule has 1 aliphatic rings. The van der Waals surface area contributed by atoms with Crippen LogP contribution in [-0.4, -0.2) is 25.7 Å². The first-order valence-corrected chi connectivity index (χ1v) is 9.72. The summed E-state index contributed by atoms with van der Waals surface area (Å²) in [7, 11) is 0. The average molecular weight is 407 g/mol. The number of nitrogens with zero attached hydrogens (tertiary/aromatic N) is 5. The molecule has 0 saturated heterocycles. The monoisotopic (exact) mass is 407 g/mol. The number of hydrogen-bond donors (Lipinski definition) is 0. The van der Waals surface area contributed by atoms with Gasteiger partial charge in [0.05, 0.1) is 6.54 Å². The van der Waals surface area contributed by atoms with Gasteiger partial charge in [-0.25, -0.2) is 27.6 Å². The number of anilines is 1. The molecule has 0 atom stereocenters. The zero-order valence-corrected chi connectivity index (χ0v) is 16.3. The summed E-state index contributed by atoms with van der Waals surface area (Å²) in [5, 5.41) is 4.40. The van der Waals surface area contributed by atoms with Gasteiger partial charge in [-0.1, -0.05) is 30.3 Å². The minimum Gasteiger partial charge on any atom is -0.337 e.